The maximum Gasteiger partial charge on any atom is 0.433 e. The summed E-state index contributed by atoms with van der Waals surface area (Å²) in [5.41, 5.74) is -0.739. The third kappa shape index (κ3) is 4.85. The zero-order valence-corrected chi connectivity index (χ0v) is 12.7. The summed E-state index contributed by atoms with van der Waals surface area (Å²) in [6.45, 7) is 1.81. The predicted molar refractivity (Wildman–Crippen MR) is 80.4 cm³/mol. The zero-order valence-electron chi connectivity index (χ0n) is 11.9. The smallest absolute Gasteiger partial charge is 0.325 e. The van der Waals surface area contributed by atoms with Gasteiger partial charge < -0.3 is 10.3 Å². The molecule has 0 bridgehead atoms. The van der Waals surface area contributed by atoms with Crippen molar-refractivity contribution in [1.29, 1.82) is 0 Å². The van der Waals surface area contributed by atoms with E-state index in [0.29, 0.717) is 11.8 Å². The molecule has 0 aliphatic carbocycles. The van der Waals surface area contributed by atoms with Gasteiger partial charge in [-0.05, 0) is 18.6 Å². The Balaban J connectivity index is 2.03. The highest BCUT2D eigenvalue weighted by atomic mass is 32.2. The Morgan fingerprint density at radius 1 is 1.35 bits per heavy atom. The Morgan fingerprint density at radius 2 is 2.04 bits per heavy atom. The van der Waals surface area contributed by atoms with Gasteiger partial charge in [-0.1, -0.05) is 30.0 Å². The molecule has 0 atom stereocenters. The molecule has 1 aromatic heterocycles. The Morgan fingerprint density at radius 3 is 2.70 bits per heavy atom. The first kappa shape index (κ1) is 17.1. The van der Waals surface area contributed by atoms with Crippen molar-refractivity contribution in [2.45, 2.75) is 18.3 Å². The second-order valence-electron chi connectivity index (χ2n) is 4.59. The molecule has 1 amide bonds. The molecule has 0 spiro atoms. The van der Waals surface area contributed by atoms with Crippen LogP contribution in [0.15, 0.2) is 40.3 Å². The molecule has 0 saturated heterocycles. The van der Waals surface area contributed by atoms with Crippen LogP contribution in [-0.4, -0.2) is 21.6 Å². The number of nitrogens with one attached hydrogen (secondary N) is 2. The van der Waals surface area contributed by atoms with E-state index in [1.165, 1.54) is 0 Å². The number of halogens is 3. The van der Waals surface area contributed by atoms with Crippen LogP contribution in [0, 0.1) is 6.92 Å². The molecule has 122 valence electrons. The first-order valence-corrected chi connectivity index (χ1v) is 7.41. The molecule has 1 heterocycles. The maximum atomic E-state index is 12.6. The number of aromatic nitrogens is 2. The number of carbonyl (C=O) groups is 1. The van der Waals surface area contributed by atoms with Gasteiger partial charge in [0.1, 0.15) is 0 Å². The van der Waals surface area contributed by atoms with Gasteiger partial charge in [0.05, 0.1) is 5.75 Å². The van der Waals surface area contributed by atoms with E-state index in [2.05, 4.69) is 15.3 Å². The van der Waals surface area contributed by atoms with Crippen LogP contribution in [-0.2, 0) is 11.0 Å². The normalized spacial score (nSPS) is 11.3. The third-order valence-electron chi connectivity index (χ3n) is 2.77. The van der Waals surface area contributed by atoms with Crippen molar-refractivity contribution < 1.29 is 18.0 Å². The number of amides is 1. The average molecular weight is 343 g/mol. The second-order valence-corrected chi connectivity index (χ2v) is 5.55. The van der Waals surface area contributed by atoms with Gasteiger partial charge in [0.25, 0.3) is 5.56 Å². The number of aryl methyl sites for hydroxylation is 1. The van der Waals surface area contributed by atoms with Crippen LogP contribution in [0.25, 0.3) is 0 Å². The summed E-state index contributed by atoms with van der Waals surface area (Å²) in [5, 5.41) is 2.38. The highest BCUT2D eigenvalue weighted by molar-refractivity contribution is 7.99. The molecule has 2 rings (SSSR count). The van der Waals surface area contributed by atoms with Crippen molar-refractivity contribution in [3.8, 4) is 0 Å². The van der Waals surface area contributed by atoms with E-state index >= 15 is 0 Å². The van der Waals surface area contributed by atoms with Gasteiger partial charge in [-0.2, -0.15) is 13.2 Å². The fraction of sp³-hybridized carbons (Fsp3) is 0.214. The number of hydrogen-bond donors (Lipinski definition) is 2. The zero-order chi connectivity index (χ0) is 17.0. The molecule has 5 nitrogen and oxygen atoms in total. The predicted octanol–water partition coefficient (Wildman–Crippen LogP) is 2.83. The number of rotatable bonds is 4. The standard InChI is InChI=1S/C14H12F3N3O2S/c1-8-4-2-3-5-9(8)18-12(22)7-23-13-19-10(14(15,16)17)6-11(21)20-13/h2-6H,7H2,1H3,(H,18,22)(H,19,20,21). The van der Waals surface area contributed by atoms with E-state index in [0.717, 1.165) is 17.3 Å². The van der Waals surface area contributed by atoms with Crippen LogP contribution in [0.4, 0.5) is 18.9 Å². The monoisotopic (exact) mass is 343 g/mol. The van der Waals surface area contributed by atoms with E-state index in [-0.39, 0.29) is 10.9 Å². The number of alkyl halides is 3. The summed E-state index contributed by atoms with van der Waals surface area (Å²) >= 11 is 0.719. The first-order chi connectivity index (χ1) is 10.8. The molecule has 0 unspecified atom stereocenters. The molecule has 23 heavy (non-hydrogen) atoms. The number of nitrogens with zero attached hydrogens (tertiary/aromatic N) is 1. The fourth-order valence-corrected chi connectivity index (χ4v) is 2.36. The minimum Gasteiger partial charge on any atom is -0.325 e. The second kappa shape index (κ2) is 6.86. The molecular formula is C14H12F3N3O2S. The lowest BCUT2D eigenvalue weighted by Crippen LogP contribution is -2.18. The van der Waals surface area contributed by atoms with Gasteiger partial charge in [0.15, 0.2) is 10.9 Å². The Bertz CT molecular complexity index is 774. The number of carbonyl (C=O) groups excluding carboxylic acids is 1. The van der Waals surface area contributed by atoms with E-state index < -0.39 is 23.3 Å². The number of benzene rings is 1. The van der Waals surface area contributed by atoms with Crippen molar-refractivity contribution >= 4 is 23.4 Å². The molecule has 0 aliphatic heterocycles. The lowest BCUT2D eigenvalue weighted by atomic mass is 10.2. The molecule has 0 saturated carbocycles. The summed E-state index contributed by atoms with van der Waals surface area (Å²) in [6.07, 6.45) is -4.72. The summed E-state index contributed by atoms with van der Waals surface area (Å²) in [5.74, 6) is -0.595. The van der Waals surface area contributed by atoms with Crippen LogP contribution in [0.5, 0.6) is 0 Å². The number of anilines is 1. The third-order valence-corrected chi connectivity index (χ3v) is 3.64. The van der Waals surface area contributed by atoms with Crippen molar-refractivity contribution in [1.82, 2.24) is 9.97 Å². The fourth-order valence-electron chi connectivity index (χ4n) is 1.68. The van der Waals surface area contributed by atoms with E-state index in [1.807, 2.05) is 19.1 Å². The summed E-state index contributed by atoms with van der Waals surface area (Å²) in [6, 6.07) is 7.47. The maximum absolute atomic E-state index is 12.6. The molecule has 9 heteroatoms. The largest absolute Gasteiger partial charge is 0.433 e. The highest BCUT2D eigenvalue weighted by Crippen LogP contribution is 2.27. The minimum atomic E-state index is -4.72. The molecule has 0 fully saturated rings. The summed E-state index contributed by atoms with van der Waals surface area (Å²) in [4.78, 5) is 28.5. The van der Waals surface area contributed by atoms with Crippen LogP contribution >= 0.6 is 11.8 Å². The number of aromatic amines is 1. The van der Waals surface area contributed by atoms with Crippen molar-refractivity contribution in [3.63, 3.8) is 0 Å². The topological polar surface area (TPSA) is 74.8 Å². The quantitative estimate of drug-likeness (QED) is 0.661. The molecule has 0 aliphatic rings. The Hall–Kier alpha value is -2.29. The van der Waals surface area contributed by atoms with Gasteiger partial charge in [-0.15, -0.1) is 0 Å². The van der Waals surface area contributed by atoms with E-state index in [9.17, 15) is 22.8 Å². The Labute approximate surface area is 133 Å². The van der Waals surface area contributed by atoms with Crippen LogP contribution in [0.1, 0.15) is 11.3 Å². The van der Waals surface area contributed by atoms with Gasteiger partial charge in [0.2, 0.25) is 5.91 Å². The van der Waals surface area contributed by atoms with Gasteiger partial charge in [-0.3, -0.25) is 9.59 Å². The van der Waals surface area contributed by atoms with E-state index in [1.54, 1.807) is 12.1 Å². The molecule has 1 aromatic carbocycles. The Kier molecular flexibility index (Phi) is 5.09. The molecule has 2 aromatic rings. The summed E-state index contributed by atoms with van der Waals surface area (Å²) < 4.78 is 37.7. The van der Waals surface area contributed by atoms with Crippen molar-refractivity contribution in [3.05, 3.63) is 51.9 Å². The SMILES string of the molecule is Cc1ccccc1NC(=O)CSc1nc(C(F)(F)F)cc(=O)[nH]1. The van der Waals surface area contributed by atoms with E-state index in [4.69, 9.17) is 0 Å². The van der Waals surface area contributed by atoms with Crippen LogP contribution in [0.3, 0.4) is 0 Å². The van der Waals surface area contributed by atoms with Crippen LogP contribution < -0.4 is 10.9 Å². The molecular weight excluding hydrogens is 331 g/mol. The first-order valence-electron chi connectivity index (χ1n) is 6.42. The molecule has 0 radical (unpaired) electrons. The number of para-hydroxylation sites is 1. The highest BCUT2D eigenvalue weighted by Gasteiger charge is 2.33. The van der Waals surface area contributed by atoms with Crippen molar-refractivity contribution in [2.24, 2.45) is 0 Å². The number of hydrogen-bond acceptors (Lipinski definition) is 4. The average Bonchev–Trinajstić information content (AvgIpc) is 2.46. The lowest BCUT2D eigenvalue weighted by Gasteiger charge is -2.08. The minimum absolute atomic E-state index is 0.182. The number of H-pyrrole nitrogens is 1. The number of thioether (sulfide) groups is 1. The van der Waals surface area contributed by atoms with Gasteiger partial charge >= 0.3 is 6.18 Å². The molecule has 2 N–H and O–H groups in total. The van der Waals surface area contributed by atoms with Crippen LogP contribution in [0.2, 0.25) is 0 Å². The van der Waals surface area contributed by atoms with Gasteiger partial charge in [0, 0.05) is 11.8 Å². The lowest BCUT2D eigenvalue weighted by molar-refractivity contribution is -0.141. The summed E-state index contributed by atoms with van der Waals surface area (Å²) in [7, 11) is 0. The van der Waals surface area contributed by atoms with Gasteiger partial charge in [-0.25, -0.2) is 4.98 Å². The van der Waals surface area contributed by atoms with Crippen molar-refractivity contribution in [2.75, 3.05) is 11.1 Å².